The maximum Gasteiger partial charge on any atom is 0.138 e. The van der Waals surface area contributed by atoms with Crippen LogP contribution in [-0.4, -0.2) is 26.0 Å². The lowest BCUT2D eigenvalue weighted by Crippen LogP contribution is -2.18. The Kier molecular flexibility index (Phi) is 4.90. The highest BCUT2D eigenvalue weighted by Crippen LogP contribution is 2.21. The fourth-order valence-electron chi connectivity index (χ4n) is 2.47. The van der Waals surface area contributed by atoms with E-state index in [0.29, 0.717) is 12.3 Å². The third-order valence-corrected chi connectivity index (χ3v) is 3.55. The third-order valence-electron chi connectivity index (χ3n) is 3.55. The van der Waals surface area contributed by atoms with Gasteiger partial charge in [-0.15, -0.1) is 0 Å². The van der Waals surface area contributed by atoms with Crippen LogP contribution in [0.25, 0.3) is 0 Å². The fraction of sp³-hybridized carbons (Fsp3) is 0.500. The molecule has 0 saturated carbocycles. The van der Waals surface area contributed by atoms with Crippen molar-refractivity contribution in [1.29, 1.82) is 0 Å². The van der Waals surface area contributed by atoms with Crippen molar-refractivity contribution in [2.24, 2.45) is 0 Å². The van der Waals surface area contributed by atoms with Gasteiger partial charge in [0.2, 0.25) is 0 Å². The topological polar surface area (TPSA) is 50.9 Å². The molecule has 0 spiro atoms. The largest absolute Gasteiger partial charge is 0.393 e. The molecular formula is C16H23N3O. The molecule has 0 amide bonds. The van der Waals surface area contributed by atoms with E-state index in [2.05, 4.69) is 43.0 Å². The average molecular weight is 273 g/mol. The zero-order valence-electron chi connectivity index (χ0n) is 12.4. The number of aliphatic hydroxyl groups is 1. The first-order valence-corrected chi connectivity index (χ1v) is 7.19. The van der Waals surface area contributed by atoms with Crippen molar-refractivity contribution in [3.05, 3.63) is 48.0 Å². The predicted octanol–water partition coefficient (Wildman–Crippen LogP) is 2.96. The number of nitrogens with zero attached hydrogens (tertiary/aromatic N) is 3. The van der Waals surface area contributed by atoms with Crippen LogP contribution in [0.2, 0.25) is 0 Å². The van der Waals surface area contributed by atoms with E-state index in [1.807, 2.05) is 22.9 Å². The van der Waals surface area contributed by atoms with Crippen molar-refractivity contribution in [2.45, 2.75) is 51.7 Å². The molecule has 1 heterocycles. The quantitative estimate of drug-likeness (QED) is 0.880. The van der Waals surface area contributed by atoms with Crippen LogP contribution >= 0.6 is 0 Å². The fourth-order valence-corrected chi connectivity index (χ4v) is 2.47. The monoisotopic (exact) mass is 273 g/mol. The minimum atomic E-state index is -0.396. The van der Waals surface area contributed by atoms with Crippen LogP contribution in [0.5, 0.6) is 0 Å². The molecular weight excluding hydrogens is 250 g/mol. The van der Waals surface area contributed by atoms with Crippen molar-refractivity contribution in [3.63, 3.8) is 0 Å². The van der Waals surface area contributed by atoms with E-state index in [9.17, 15) is 5.11 Å². The molecule has 2 rings (SSSR count). The molecule has 4 nitrogen and oxygen atoms in total. The average Bonchev–Trinajstić information content (AvgIpc) is 2.87. The molecule has 0 aliphatic rings. The van der Waals surface area contributed by atoms with E-state index in [1.54, 1.807) is 6.33 Å². The summed E-state index contributed by atoms with van der Waals surface area (Å²) >= 11 is 0. The van der Waals surface area contributed by atoms with E-state index in [1.165, 1.54) is 5.56 Å². The first-order chi connectivity index (χ1) is 9.58. The Morgan fingerprint density at radius 2 is 1.85 bits per heavy atom. The van der Waals surface area contributed by atoms with Gasteiger partial charge in [-0.25, -0.2) is 9.67 Å². The van der Waals surface area contributed by atoms with Crippen LogP contribution in [0.15, 0.2) is 36.7 Å². The molecule has 0 aliphatic carbocycles. The summed E-state index contributed by atoms with van der Waals surface area (Å²) in [4.78, 5) is 4.25. The number of aromatic nitrogens is 3. The van der Waals surface area contributed by atoms with Crippen LogP contribution in [0.1, 0.15) is 50.5 Å². The van der Waals surface area contributed by atoms with Crippen molar-refractivity contribution in [3.8, 4) is 0 Å². The molecule has 0 bridgehead atoms. The number of hydrogen-bond acceptors (Lipinski definition) is 3. The van der Waals surface area contributed by atoms with E-state index in [4.69, 9.17) is 0 Å². The van der Waals surface area contributed by atoms with E-state index < -0.39 is 6.10 Å². The van der Waals surface area contributed by atoms with Crippen LogP contribution < -0.4 is 0 Å². The summed E-state index contributed by atoms with van der Waals surface area (Å²) in [6.07, 6.45) is 2.44. The zero-order valence-corrected chi connectivity index (χ0v) is 12.4. The van der Waals surface area contributed by atoms with Crippen LogP contribution in [-0.2, 0) is 6.42 Å². The number of rotatable bonds is 6. The second-order valence-electron chi connectivity index (χ2n) is 5.62. The number of benzene rings is 1. The Morgan fingerprint density at radius 1 is 1.15 bits per heavy atom. The molecule has 4 heteroatoms. The second-order valence-corrected chi connectivity index (χ2v) is 5.62. The maximum absolute atomic E-state index is 10.3. The molecule has 2 aromatic rings. The van der Waals surface area contributed by atoms with Gasteiger partial charge in [0.1, 0.15) is 12.2 Å². The molecule has 0 aliphatic heterocycles. The summed E-state index contributed by atoms with van der Waals surface area (Å²) in [5.41, 5.74) is 1.26. The van der Waals surface area contributed by atoms with Gasteiger partial charge in [0.15, 0.2) is 0 Å². The summed E-state index contributed by atoms with van der Waals surface area (Å²) in [6.45, 7) is 6.28. The SMILES string of the molecule is CC(CC(O)Cc1ncnn1C(C)C)c1ccccc1. The number of aliphatic hydroxyl groups excluding tert-OH is 1. The van der Waals surface area contributed by atoms with E-state index in [-0.39, 0.29) is 6.04 Å². The minimum absolute atomic E-state index is 0.270. The molecule has 0 saturated heterocycles. The van der Waals surface area contributed by atoms with Gasteiger partial charge in [-0.3, -0.25) is 0 Å². The first-order valence-electron chi connectivity index (χ1n) is 7.19. The first kappa shape index (κ1) is 14.7. The second kappa shape index (κ2) is 6.66. The van der Waals surface area contributed by atoms with Crippen LogP contribution in [0, 0.1) is 0 Å². The summed E-state index contributed by atoms with van der Waals surface area (Å²) in [6, 6.07) is 10.6. The van der Waals surface area contributed by atoms with Gasteiger partial charge in [0, 0.05) is 12.5 Å². The highest BCUT2D eigenvalue weighted by molar-refractivity contribution is 5.18. The van der Waals surface area contributed by atoms with Crippen molar-refractivity contribution >= 4 is 0 Å². The third kappa shape index (κ3) is 3.67. The molecule has 2 atom stereocenters. The van der Waals surface area contributed by atoms with Gasteiger partial charge in [0.25, 0.3) is 0 Å². The summed E-state index contributed by atoms with van der Waals surface area (Å²) in [7, 11) is 0. The summed E-state index contributed by atoms with van der Waals surface area (Å²) in [5, 5.41) is 14.5. The van der Waals surface area contributed by atoms with Gasteiger partial charge < -0.3 is 5.11 Å². The Bertz CT molecular complexity index is 522. The molecule has 0 fully saturated rings. The molecule has 0 radical (unpaired) electrons. The van der Waals surface area contributed by atoms with E-state index in [0.717, 1.165) is 12.2 Å². The normalized spacial score (nSPS) is 14.4. The Morgan fingerprint density at radius 3 is 2.50 bits per heavy atom. The highest BCUT2D eigenvalue weighted by Gasteiger charge is 2.16. The summed E-state index contributed by atoms with van der Waals surface area (Å²) < 4.78 is 1.87. The Balaban J connectivity index is 1.95. The van der Waals surface area contributed by atoms with Gasteiger partial charge in [-0.2, -0.15) is 5.10 Å². The summed E-state index contributed by atoms with van der Waals surface area (Å²) in [5.74, 6) is 1.19. The lowest BCUT2D eigenvalue weighted by atomic mass is 9.94. The lowest BCUT2D eigenvalue weighted by molar-refractivity contribution is 0.153. The highest BCUT2D eigenvalue weighted by atomic mass is 16.3. The van der Waals surface area contributed by atoms with Crippen molar-refractivity contribution < 1.29 is 5.11 Å². The standard InChI is InChI=1S/C16H23N3O/c1-12(2)19-16(17-11-18-19)10-15(20)9-13(3)14-7-5-4-6-8-14/h4-8,11-13,15,20H,9-10H2,1-3H3. The zero-order chi connectivity index (χ0) is 14.5. The molecule has 1 aromatic carbocycles. The van der Waals surface area contributed by atoms with Crippen molar-refractivity contribution in [2.75, 3.05) is 0 Å². The number of hydrogen-bond donors (Lipinski definition) is 1. The van der Waals surface area contributed by atoms with Gasteiger partial charge in [-0.1, -0.05) is 37.3 Å². The maximum atomic E-state index is 10.3. The Labute approximate surface area is 120 Å². The molecule has 2 unspecified atom stereocenters. The smallest absolute Gasteiger partial charge is 0.138 e. The molecule has 1 N–H and O–H groups in total. The molecule has 1 aromatic heterocycles. The molecule has 108 valence electrons. The van der Waals surface area contributed by atoms with Crippen molar-refractivity contribution in [1.82, 2.24) is 14.8 Å². The van der Waals surface area contributed by atoms with Crippen LogP contribution in [0.3, 0.4) is 0 Å². The minimum Gasteiger partial charge on any atom is -0.393 e. The van der Waals surface area contributed by atoms with Gasteiger partial charge in [0.05, 0.1) is 6.10 Å². The predicted molar refractivity (Wildman–Crippen MR) is 79.6 cm³/mol. The Hall–Kier alpha value is -1.68. The van der Waals surface area contributed by atoms with Gasteiger partial charge in [-0.05, 0) is 31.7 Å². The van der Waals surface area contributed by atoms with Crippen LogP contribution in [0.4, 0.5) is 0 Å². The van der Waals surface area contributed by atoms with Gasteiger partial charge >= 0.3 is 0 Å². The molecule has 20 heavy (non-hydrogen) atoms. The lowest BCUT2D eigenvalue weighted by Gasteiger charge is -2.17. The van der Waals surface area contributed by atoms with E-state index >= 15 is 0 Å².